The lowest BCUT2D eigenvalue weighted by atomic mass is 10.1. The Hall–Kier alpha value is -1.03. The molecule has 0 aliphatic carbocycles. The van der Waals surface area contributed by atoms with Crippen LogP contribution >= 0.6 is 22.9 Å². The van der Waals surface area contributed by atoms with E-state index >= 15 is 0 Å². The van der Waals surface area contributed by atoms with Gasteiger partial charge in [0.25, 0.3) is 0 Å². The van der Waals surface area contributed by atoms with Crippen LogP contribution in [0.2, 0.25) is 4.34 Å². The average molecular weight is 268 g/mol. The van der Waals surface area contributed by atoms with Gasteiger partial charge in [-0.1, -0.05) is 23.7 Å². The molecular weight excluding hydrogens is 254 g/mol. The van der Waals surface area contributed by atoms with E-state index in [1.165, 1.54) is 5.56 Å². The van der Waals surface area contributed by atoms with E-state index in [1.54, 1.807) is 11.3 Å². The Balaban J connectivity index is 1.90. The third-order valence-electron chi connectivity index (χ3n) is 2.37. The first-order valence-corrected chi connectivity index (χ1v) is 6.63. The summed E-state index contributed by atoms with van der Waals surface area (Å²) in [6.07, 6.45) is 0.904. The minimum atomic E-state index is 0.563. The molecule has 1 heterocycles. The van der Waals surface area contributed by atoms with Gasteiger partial charge in [0.2, 0.25) is 0 Å². The highest BCUT2D eigenvalue weighted by molar-refractivity contribution is 7.16. The summed E-state index contributed by atoms with van der Waals surface area (Å²) < 4.78 is 6.45. The first-order valence-electron chi connectivity index (χ1n) is 5.44. The van der Waals surface area contributed by atoms with Crippen molar-refractivity contribution in [2.24, 2.45) is 5.73 Å². The summed E-state index contributed by atoms with van der Waals surface area (Å²) >= 11 is 7.39. The van der Waals surface area contributed by atoms with E-state index in [0.29, 0.717) is 13.2 Å². The zero-order chi connectivity index (χ0) is 12.1. The number of ether oxygens (including phenoxy) is 1. The zero-order valence-corrected chi connectivity index (χ0v) is 10.9. The summed E-state index contributed by atoms with van der Waals surface area (Å²) in [7, 11) is 0. The van der Waals surface area contributed by atoms with Gasteiger partial charge in [-0.3, -0.25) is 0 Å². The first-order chi connectivity index (χ1) is 8.28. The van der Waals surface area contributed by atoms with E-state index in [4.69, 9.17) is 22.1 Å². The van der Waals surface area contributed by atoms with Crippen molar-refractivity contribution in [1.82, 2.24) is 0 Å². The van der Waals surface area contributed by atoms with E-state index in [1.807, 2.05) is 36.4 Å². The Morgan fingerprint density at radius 3 is 2.47 bits per heavy atom. The Morgan fingerprint density at radius 2 is 1.88 bits per heavy atom. The number of nitrogens with two attached hydrogens (primary N) is 1. The van der Waals surface area contributed by atoms with Gasteiger partial charge in [0.15, 0.2) is 0 Å². The summed E-state index contributed by atoms with van der Waals surface area (Å²) in [5, 5.41) is 0. The Bertz CT molecular complexity index is 467. The lowest BCUT2D eigenvalue weighted by Crippen LogP contribution is -2.02. The van der Waals surface area contributed by atoms with Gasteiger partial charge in [0, 0.05) is 4.88 Å². The van der Waals surface area contributed by atoms with Crippen molar-refractivity contribution in [3.63, 3.8) is 0 Å². The summed E-state index contributed by atoms with van der Waals surface area (Å²) in [6, 6.07) is 11.9. The molecule has 4 heteroatoms. The SMILES string of the molecule is NCCc1ccc(OCc2ccc(Cl)s2)cc1. The fourth-order valence-electron chi connectivity index (χ4n) is 1.50. The standard InChI is InChI=1S/C13H14ClNOS/c14-13-6-5-12(17-13)9-16-11-3-1-10(2-4-11)7-8-15/h1-6H,7-9,15H2. The molecule has 2 N–H and O–H groups in total. The van der Waals surface area contributed by atoms with Crippen LogP contribution < -0.4 is 10.5 Å². The highest BCUT2D eigenvalue weighted by Gasteiger charge is 1.99. The second-order valence-corrected chi connectivity index (χ2v) is 5.48. The van der Waals surface area contributed by atoms with Crippen LogP contribution in [0.3, 0.4) is 0 Å². The molecule has 2 rings (SSSR count). The smallest absolute Gasteiger partial charge is 0.122 e. The Kier molecular flexibility index (Phi) is 4.42. The molecule has 0 aliphatic rings. The van der Waals surface area contributed by atoms with Crippen LogP contribution in [0.1, 0.15) is 10.4 Å². The van der Waals surface area contributed by atoms with E-state index < -0.39 is 0 Å². The lowest BCUT2D eigenvalue weighted by Gasteiger charge is -2.05. The van der Waals surface area contributed by atoms with Crippen molar-refractivity contribution in [2.75, 3.05) is 6.54 Å². The van der Waals surface area contributed by atoms with E-state index in [2.05, 4.69) is 0 Å². The molecule has 1 aromatic heterocycles. The molecule has 0 fully saturated rings. The topological polar surface area (TPSA) is 35.2 Å². The van der Waals surface area contributed by atoms with Gasteiger partial charge < -0.3 is 10.5 Å². The van der Waals surface area contributed by atoms with Gasteiger partial charge in [-0.25, -0.2) is 0 Å². The summed E-state index contributed by atoms with van der Waals surface area (Å²) in [5.41, 5.74) is 6.73. The second-order valence-electron chi connectivity index (χ2n) is 3.68. The maximum atomic E-state index is 5.85. The Morgan fingerprint density at radius 1 is 1.12 bits per heavy atom. The molecule has 17 heavy (non-hydrogen) atoms. The number of halogens is 1. The van der Waals surface area contributed by atoms with Gasteiger partial charge in [0.05, 0.1) is 4.34 Å². The molecule has 90 valence electrons. The molecule has 2 aromatic rings. The lowest BCUT2D eigenvalue weighted by molar-refractivity contribution is 0.310. The summed E-state index contributed by atoms with van der Waals surface area (Å²) in [6.45, 7) is 1.24. The van der Waals surface area contributed by atoms with Gasteiger partial charge in [-0.15, -0.1) is 11.3 Å². The predicted molar refractivity (Wildman–Crippen MR) is 72.9 cm³/mol. The van der Waals surface area contributed by atoms with Gasteiger partial charge in [0.1, 0.15) is 12.4 Å². The molecule has 0 bridgehead atoms. The van der Waals surface area contributed by atoms with Crippen molar-refractivity contribution >= 4 is 22.9 Å². The van der Waals surface area contributed by atoms with Crippen LogP contribution in [0.4, 0.5) is 0 Å². The maximum Gasteiger partial charge on any atom is 0.122 e. The fraction of sp³-hybridized carbons (Fsp3) is 0.231. The third-order valence-corrected chi connectivity index (χ3v) is 3.57. The molecule has 0 spiro atoms. The highest BCUT2D eigenvalue weighted by Crippen LogP contribution is 2.23. The van der Waals surface area contributed by atoms with Crippen LogP contribution in [-0.4, -0.2) is 6.54 Å². The van der Waals surface area contributed by atoms with E-state index in [0.717, 1.165) is 21.4 Å². The molecule has 0 saturated heterocycles. The van der Waals surface area contributed by atoms with Crippen molar-refractivity contribution in [1.29, 1.82) is 0 Å². The third kappa shape index (κ3) is 3.73. The van der Waals surface area contributed by atoms with E-state index in [-0.39, 0.29) is 0 Å². The molecule has 2 nitrogen and oxygen atoms in total. The monoisotopic (exact) mass is 267 g/mol. The number of rotatable bonds is 5. The molecule has 0 amide bonds. The van der Waals surface area contributed by atoms with Crippen molar-refractivity contribution < 1.29 is 4.74 Å². The molecular formula is C13H14ClNOS. The van der Waals surface area contributed by atoms with Gasteiger partial charge in [-0.2, -0.15) is 0 Å². The molecule has 0 aliphatic heterocycles. The van der Waals surface area contributed by atoms with Crippen LogP contribution in [-0.2, 0) is 13.0 Å². The number of thiophene rings is 1. The average Bonchev–Trinajstić information content (AvgIpc) is 2.75. The number of benzene rings is 1. The van der Waals surface area contributed by atoms with Gasteiger partial charge >= 0.3 is 0 Å². The van der Waals surface area contributed by atoms with Crippen molar-refractivity contribution in [2.45, 2.75) is 13.0 Å². The van der Waals surface area contributed by atoms with Crippen LogP contribution in [0.15, 0.2) is 36.4 Å². The van der Waals surface area contributed by atoms with Gasteiger partial charge in [-0.05, 0) is 42.8 Å². The normalized spacial score (nSPS) is 10.5. The van der Waals surface area contributed by atoms with Crippen molar-refractivity contribution in [3.05, 3.63) is 51.2 Å². The number of hydrogen-bond donors (Lipinski definition) is 1. The summed E-state index contributed by atoms with van der Waals surface area (Å²) in [4.78, 5) is 1.13. The molecule has 0 radical (unpaired) electrons. The molecule has 1 aromatic carbocycles. The van der Waals surface area contributed by atoms with Crippen molar-refractivity contribution in [3.8, 4) is 5.75 Å². The predicted octanol–water partition coefficient (Wildman–Crippen LogP) is 3.48. The minimum absolute atomic E-state index is 0.563. The fourth-order valence-corrected chi connectivity index (χ4v) is 2.50. The minimum Gasteiger partial charge on any atom is -0.488 e. The van der Waals surface area contributed by atoms with Crippen LogP contribution in [0.25, 0.3) is 0 Å². The zero-order valence-electron chi connectivity index (χ0n) is 9.36. The largest absolute Gasteiger partial charge is 0.488 e. The highest BCUT2D eigenvalue weighted by atomic mass is 35.5. The van der Waals surface area contributed by atoms with Crippen LogP contribution in [0.5, 0.6) is 5.75 Å². The summed E-state index contributed by atoms with van der Waals surface area (Å²) in [5.74, 6) is 0.871. The van der Waals surface area contributed by atoms with E-state index in [9.17, 15) is 0 Å². The molecule has 0 atom stereocenters. The first kappa shape index (κ1) is 12.4. The molecule has 0 unspecified atom stereocenters. The Labute approximate surface area is 110 Å². The second kappa shape index (κ2) is 6.05. The number of hydrogen-bond acceptors (Lipinski definition) is 3. The molecule has 0 saturated carbocycles. The van der Waals surface area contributed by atoms with Crippen LogP contribution in [0, 0.1) is 0 Å². The maximum absolute atomic E-state index is 5.85. The quantitative estimate of drug-likeness (QED) is 0.900.